The van der Waals surface area contributed by atoms with Crippen molar-refractivity contribution in [1.29, 1.82) is 0 Å². The maximum Gasteiger partial charge on any atom is 0.416 e. The lowest BCUT2D eigenvalue weighted by Gasteiger charge is -2.39. The van der Waals surface area contributed by atoms with E-state index in [-0.39, 0.29) is 33.9 Å². The van der Waals surface area contributed by atoms with Crippen molar-refractivity contribution in [3.63, 3.8) is 0 Å². The standard InChI is InChI=1S/C19H14ClF3N2O2/c20-15-9-8-14(19(21,22)23)16-12-2-1-3-13(12)17(24-18(15)16)10-4-6-11(7-5-10)25(26)27/h1-2,4-9,12-13,17,24H,3H2. The minimum atomic E-state index is -4.47. The molecule has 3 atom stereocenters. The first-order valence-electron chi connectivity index (χ1n) is 8.34. The van der Waals surface area contributed by atoms with Crippen LogP contribution in [-0.4, -0.2) is 4.92 Å². The van der Waals surface area contributed by atoms with E-state index < -0.39 is 22.6 Å². The number of nitro benzene ring substituents is 1. The number of hydrogen-bond acceptors (Lipinski definition) is 3. The van der Waals surface area contributed by atoms with Gasteiger partial charge in [0, 0.05) is 18.1 Å². The van der Waals surface area contributed by atoms with Crippen LogP contribution in [0.1, 0.15) is 35.1 Å². The lowest BCUT2D eigenvalue weighted by atomic mass is 9.75. The van der Waals surface area contributed by atoms with Crippen molar-refractivity contribution in [2.24, 2.45) is 5.92 Å². The molecule has 0 bridgehead atoms. The first-order valence-corrected chi connectivity index (χ1v) is 8.72. The van der Waals surface area contributed by atoms with Gasteiger partial charge in [-0.15, -0.1) is 0 Å². The molecule has 0 radical (unpaired) electrons. The summed E-state index contributed by atoms with van der Waals surface area (Å²) >= 11 is 6.23. The predicted octanol–water partition coefficient (Wildman–Crippen LogP) is 6.09. The van der Waals surface area contributed by atoms with Crippen LogP contribution in [0.3, 0.4) is 0 Å². The van der Waals surface area contributed by atoms with Crippen LogP contribution in [0.4, 0.5) is 24.5 Å². The highest BCUT2D eigenvalue weighted by molar-refractivity contribution is 6.33. The monoisotopic (exact) mass is 394 g/mol. The Morgan fingerprint density at radius 1 is 1.15 bits per heavy atom. The first-order chi connectivity index (χ1) is 12.8. The fourth-order valence-electron chi connectivity index (χ4n) is 4.05. The molecule has 0 saturated carbocycles. The van der Waals surface area contributed by atoms with Crippen molar-refractivity contribution in [3.05, 3.63) is 80.4 Å². The molecule has 140 valence electrons. The van der Waals surface area contributed by atoms with Gasteiger partial charge in [-0.2, -0.15) is 13.2 Å². The molecule has 2 aromatic rings. The second-order valence-corrected chi connectivity index (χ2v) is 7.11. The highest BCUT2D eigenvalue weighted by Crippen LogP contribution is 2.54. The van der Waals surface area contributed by atoms with Crippen molar-refractivity contribution in [2.45, 2.75) is 24.6 Å². The SMILES string of the molecule is O=[N+]([O-])c1ccc(C2Nc3c(Cl)ccc(C(F)(F)F)c3C3C=CCC32)cc1. The Bertz CT molecular complexity index is 941. The zero-order chi connectivity index (χ0) is 19.3. The Labute approximate surface area is 157 Å². The maximum atomic E-state index is 13.5. The Hall–Kier alpha value is -2.54. The fourth-order valence-corrected chi connectivity index (χ4v) is 4.27. The van der Waals surface area contributed by atoms with Crippen LogP contribution >= 0.6 is 11.6 Å². The molecule has 1 heterocycles. The molecular weight excluding hydrogens is 381 g/mol. The van der Waals surface area contributed by atoms with Gasteiger partial charge < -0.3 is 5.32 Å². The number of anilines is 1. The minimum absolute atomic E-state index is 0.0338. The second kappa shape index (κ2) is 6.27. The van der Waals surface area contributed by atoms with Crippen LogP contribution in [0.15, 0.2) is 48.6 Å². The molecule has 2 aromatic carbocycles. The van der Waals surface area contributed by atoms with Crippen LogP contribution in [0.25, 0.3) is 0 Å². The minimum Gasteiger partial charge on any atom is -0.376 e. The van der Waals surface area contributed by atoms with Crippen LogP contribution < -0.4 is 5.32 Å². The van der Waals surface area contributed by atoms with Gasteiger partial charge in [-0.05, 0) is 35.6 Å². The summed E-state index contributed by atoms with van der Waals surface area (Å²) in [5.74, 6) is -0.546. The Kier molecular flexibility index (Phi) is 4.14. The number of rotatable bonds is 2. The van der Waals surface area contributed by atoms with Crippen molar-refractivity contribution in [3.8, 4) is 0 Å². The van der Waals surface area contributed by atoms with Crippen LogP contribution in [0, 0.1) is 16.0 Å². The summed E-state index contributed by atoms with van der Waals surface area (Å²) in [4.78, 5) is 10.4. The fraction of sp³-hybridized carbons (Fsp3) is 0.263. The molecule has 1 aliphatic carbocycles. The van der Waals surface area contributed by atoms with Gasteiger partial charge in [0.1, 0.15) is 0 Å². The Balaban J connectivity index is 1.82. The first kappa shape index (κ1) is 17.9. The van der Waals surface area contributed by atoms with E-state index in [4.69, 9.17) is 11.6 Å². The summed E-state index contributed by atoms with van der Waals surface area (Å²) in [7, 11) is 0. The van der Waals surface area contributed by atoms with Gasteiger partial charge in [0.25, 0.3) is 5.69 Å². The van der Waals surface area contributed by atoms with Crippen molar-refractivity contribution in [2.75, 3.05) is 5.32 Å². The molecule has 27 heavy (non-hydrogen) atoms. The lowest BCUT2D eigenvalue weighted by Crippen LogP contribution is -2.31. The largest absolute Gasteiger partial charge is 0.416 e. The quantitative estimate of drug-likeness (QED) is 0.380. The second-order valence-electron chi connectivity index (χ2n) is 6.71. The summed E-state index contributed by atoms with van der Waals surface area (Å²) in [6.07, 6.45) is -0.181. The van der Waals surface area contributed by atoms with Gasteiger partial charge >= 0.3 is 6.18 Å². The van der Waals surface area contributed by atoms with E-state index in [1.54, 1.807) is 18.2 Å². The maximum absolute atomic E-state index is 13.5. The average molecular weight is 395 g/mol. The molecule has 2 aliphatic rings. The summed E-state index contributed by atoms with van der Waals surface area (Å²) in [6, 6.07) is 8.06. The van der Waals surface area contributed by atoms with Crippen molar-refractivity contribution in [1.82, 2.24) is 0 Å². The highest BCUT2D eigenvalue weighted by atomic mass is 35.5. The van der Waals surface area contributed by atoms with E-state index in [0.29, 0.717) is 6.42 Å². The third-order valence-electron chi connectivity index (χ3n) is 5.24. The van der Waals surface area contributed by atoms with E-state index in [0.717, 1.165) is 11.6 Å². The molecule has 0 spiro atoms. The van der Waals surface area contributed by atoms with Gasteiger partial charge in [0.15, 0.2) is 0 Å². The highest BCUT2D eigenvalue weighted by Gasteiger charge is 2.44. The number of hydrogen-bond donors (Lipinski definition) is 1. The summed E-state index contributed by atoms with van der Waals surface area (Å²) < 4.78 is 40.6. The number of nitrogens with one attached hydrogen (secondary N) is 1. The number of non-ortho nitro benzene ring substituents is 1. The predicted molar refractivity (Wildman–Crippen MR) is 95.9 cm³/mol. The summed E-state index contributed by atoms with van der Waals surface area (Å²) in [5.41, 5.74) is 0.513. The van der Waals surface area contributed by atoms with E-state index in [9.17, 15) is 23.3 Å². The van der Waals surface area contributed by atoms with Crippen LogP contribution in [-0.2, 0) is 6.18 Å². The molecule has 4 rings (SSSR count). The molecule has 3 unspecified atom stereocenters. The number of benzene rings is 2. The third-order valence-corrected chi connectivity index (χ3v) is 5.55. The average Bonchev–Trinajstić information content (AvgIpc) is 3.10. The van der Waals surface area contributed by atoms with E-state index in [2.05, 4.69) is 5.32 Å². The topological polar surface area (TPSA) is 55.2 Å². The van der Waals surface area contributed by atoms with Gasteiger partial charge in [-0.25, -0.2) is 0 Å². The van der Waals surface area contributed by atoms with Gasteiger partial charge in [0.2, 0.25) is 0 Å². The number of allylic oxidation sites excluding steroid dienone is 2. The van der Waals surface area contributed by atoms with Crippen LogP contribution in [0.2, 0.25) is 5.02 Å². The lowest BCUT2D eigenvalue weighted by molar-refractivity contribution is -0.384. The zero-order valence-corrected chi connectivity index (χ0v) is 14.6. The third kappa shape index (κ3) is 2.96. The molecule has 1 aliphatic heterocycles. The van der Waals surface area contributed by atoms with Crippen molar-refractivity contribution < 1.29 is 18.1 Å². The van der Waals surface area contributed by atoms with Crippen molar-refractivity contribution >= 4 is 23.0 Å². The number of alkyl halides is 3. The zero-order valence-electron chi connectivity index (χ0n) is 13.8. The van der Waals surface area contributed by atoms with E-state index >= 15 is 0 Å². The van der Waals surface area contributed by atoms with Gasteiger partial charge in [-0.1, -0.05) is 35.9 Å². The van der Waals surface area contributed by atoms with E-state index in [1.807, 2.05) is 6.08 Å². The number of nitrogens with zero attached hydrogens (tertiary/aromatic N) is 1. The van der Waals surface area contributed by atoms with E-state index in [1.165, 1.54) is 18.2 Å². The molecule has 1 N–H and O–H groups in total. The van der Waals surface area contributed by atoms with Gasteiger partial charge in [-0.3, -0.25) is 10.1 Å². The Morgan fingerprint density at radius 3 is 2.48 bits per heavy atom. The summed E-state index contributed by atoms with van der Waals surface area (Å²) in [5, 5.41) is 14.3. The molecule has 0 amide bonds. The molecule has 0 fully saturated rings. The number of fused-ring (bicyclic) bond motifs is 3. The molecule has 4 nitrogen and oxygen atoms in total. The molecule has 8 heteroatoms. The number of halogens is 4. The smallest absolute Gasteiger partial charge is 0.376 e. The number of nitro groups is 1. The molecule has 0 aromatic heterocycles. The Morgan fingerprint density at radius 2 is 1.85 bits per heavy atom. The van der Waals surface area contributed by atoms with Gasteiger partial charge in [0.05, 0.1) is 27.2 Å². The van der Waals surface area contributed by atoms with Crippen LogP contribution in [0.5, 0.6) is 0 Å². The molecular formula is C19H14ClF3N2O2. The molecule has 0 saturated heterocycles. The summed E-state index contributed by atoms with van der Waals surface area (Å²) in [6.45, 7) is 0. The normalized spacial score (nSPS) is 23.5.